The molecule has 2 atom stereocenters. The number of piperidine rings is 1. The highest BCUT2D eigenvalue weighted by molar-refractivity contribution is 5.86. The van der Waals surface area contributed by atoms with Gasteiger partial charge in [0.25, 0.3) is 0 Å². The molecule has 0 saturated carbocycles. The normalized spacial score (nSPS) is 26.2. The first-order valence-corrected chi connectivity index (χ1v) is 7.14. The summed E-state index contributed by atoms with van der Waals surface area (Å²) in [5.74, 6) is -0.528. The molecular weight excluding hydrogens is 256 g/mol. The fourth-order valence-electron chi connectivity index (χ4n) is 3.25. The number of anilines is 2. The molecule has 2 aliphatic heterocycles. The molecule has 1 aromatic heterocycles. The highest BCUT2D eigenvalue weighted by atomic mass is 16.4. The van der Waals surface area contributed by atoms with Crippen molar-refractivity contribution in [2.24, 2.45) is 0 Å². The lowest BCUT2D eigenvalue weighted by Crippen LogP contribution is -2.43. The monoisotopic (exact) mass is 276 g/mol. The van der Waals surface area contributed by atoms with Crippen molar-refractivity contribution in [3.63, 3.8) is 0 Å². The van der Waals surface area contributed by atoms with Crippen LogP contribution in [0.3, 0.4) is 0 Å². The first kappa shape index (κ1) is 13.2. The number of carbonyl (C=O) groups is 1. The molecule has 20 heavy (non-hydrogen) atoms. The topological polar surface area (TPSA) is 91.5 Å². The molecule has 3 heterocycles. The van der Waals surface area contributed by atoms with Gasteiger partial charge in [-0.15, -0.1) is 0 Å². The second-order valence-electron chi connectivity index (χ2n) is 5.64. The number of nitrogens with two attached hydrogens (primary N) is 1. The van der Waals surface area contributed by atoms with E-state index in [-0.39, 0.29) is 5.69 Å². The zero-order valence-electron chi connectivity index (χ0n) is 11.4. The van der Waals surface area contributed by atoms with Crippen LogP contribution in [-0.4, -0.2) is 46.1 Å². The maximum absolute atomic E-state index is 11.0. The standard InChI is InChI=1S/C14H20N4O2/c15-11-3-4-12(14(19)20)17-13(11)16-9-5-7-18-6-1-2-10(18)8-9/h3-4,9-10H,1-2,5-8,15H2,(H,16,17)(H,19,20). The maximum Gasteiger partial charge on any atom is 0.354 e. The minimum atomic E-state index is -1.03. The van der Waals surface area contributed by atoms with Gasteiger partial charge in [-0.25, -0.2) is 9.78 Å². The Bertz CT molecular complexity index is 520. The van der Waals surface area contributed by atoms with E-state index in [9.17, 15) is 4.79 Å². The van der Waals surface area contributed by atoms with Gasteiger partial charge in [0.05, 0.1) is 5.69 Å². The second kappa shape index (κ2) is 5.28. The molecule has 0 bridgehead atoms. The third-order valence-corrected chi connectivity index (χ3v) is 4.31. The van der Waals surface area contributed by atoms with Crippen LogP contribution in [-0.2, 0) is 0 Å². The largest absolute Gasteiger partial charge is 0.477 e. The summed E-state index contributed by atoms with van der Waals surface area (Å²) in [6.45, 7) is 2.31. The number of pyridine rings is 1. The number of nitrogen functional groups attached to an aromatic ring is 1. The smallest absolute Gasteiger partial charge is 0.354 e. The molecule has 2 saturated heterocycles. The number of aromatic carboxylic acids is 1. The summed E-state index contributed by atoms with van der Waals surface area (Å²) in [7, 11) is 0. The van der Waals surface area contributed by atoms with Crippen LogP contribution < -0.4 is 11.1 Å². The van der Waals surface area contributed by atoms with Gasteiger partial charge in [-0.05, 0) is 44.4 Å². The van der Waals surface area contributed by atoms with E-state index in [4.69, 9.17) is 10.8 Å². The van der Waals surface area contributed by atoms with Gasteiger partial charge in [0, 0.05) is 18.6 Å². The summed E-state index contributed by atoms with van der Waals surface area (Å²) < 4.78 is 0. The van der Waals surface area contributed by atoms with Crippen LogP contribution in [0.5, 0.6) is 0 Å². The number of hydrogen-bond acceptors (Lipinski definition) is 5. The highest BCUT2D eigenvalue weighted by Gasteiger charge is 2.31. The van der Waals surface area contributed by atoms with Crippen molar-refractivity contribution >= 4 is 17.5 Å². The van der Waals surface area contributed by atoms with E-state index in [1.807, 2.05) is 0 Å². The van der Waals surface area contributed by atoms with Crippen molar-refractivity contribution in [2.45, 2.75) is 37.8 Å². The lowest BCUT2D eigenvalue weighted by atomic mass is 9.97. The minimum absolute atomic E-state index is 0.0278. The van der Waals surface area contributed by atoms with Crippen molar-refractivity contribution < 1.29 is 9.90 Å². The summed E-state index contributed by atoms with van der Waals surface area (Å²) in [6.07, 6.45) is 4.68. The van der Waals surface area contributed by atoms with Crippen molar-refractivity contribution in [3.8, 4) is 0 Å². The number of nitrogens with one attached hydrogen (secondary N) is 1. The molecule has 2 aliphatic rings. The van der Waals surface area contributed by atoms with E-state index in [0.717, 1.165) is 19.4 Å². The number of rotatable bonds is 3. The lowest BCUT2D eigenvalue weighted by molar-refractivity contribution is 0.0690. The van der Waals surface area contributed by atoms with Crippen LogP contribution in [0.2, 0.25) is 0 Å². The Labute approximate surface area is 118 Å². The van der Waals surface area contributed by atoms with E-state index in [1.165, 1.54) is 25.5 Å². The quantitative estimate of drug-likeness (QED) is 0.773. The average Bonchev–Trinajstić information content (AvgIpc) is 2.88. The molecule has 6 nitrogen and oxygen atoms in total. The molecule has 0 radical (unpaired) electrons. The lowest BCUT2D eigenvalue weighted by Gasteiger charge is -2.35. The van der Waals surface area contributed by atoms with E-state index < -0.39 is 5.97 Å². The van der Waals surface area contributed by atoms with Gasteiger partial charge in [-0.2, -0.15) is 0 Å². The Morgan fingerprint density at radius 1 is 1.40 bits per heavy atom. The first-order valence-electron chi connectivity index (χ1n) is 7.14. The first-order chi connectivity index (χ1) is 9.63. The molecule has 0 amide bonds. The van der Waals surface area contributed by atoms with Crippen molar-refractivity contribution in [1.82, 2.24) is 9.88 Å². The third kappa shape index (κ3) is 2.56. The predicted molar refractivity (Wildman–Crippen MR) is 76.8 cm³/mol. The van der Waals surface area contributed by atoms with Crippen LogP contribution in [0.25, 0.3) is 0 Å². The van der Waals surface area contributed by atoms with Crippen molar-refractivity contribution in [2.75, 3.05) is 24.1 Å². The molecule has 3 rings (SSSR count). The van der Waals surface area contributed by atoms with Gasteiger partial charge in [-0.3, -0.25) is 0 Å². The van der Waals surface area contributed by atoms with E-state index in [0.29, 0.717) is 23.6 Å². The zero-order valence-corrected chi connectivity index (χ0v) is 11.4. The molecule has 0 aliphatic carbocycles. The summed E-state index contributed by atoms with van der Waals surface area (Å²) in [5.41, 5.74) is 6.42. The summed E-state index contributed by atoms with van der Waals surface area (Å²) in [6, 6.07) is 4.02. The van der Waals surface area contributed by atoms with Gasteiger partial charge in [0.1, 0.15) is 5.82 Å². The fraction of sp³-hybridized carbons (Fsp3) is 0.571. The van der Waals surface area contributed by atoms with Crippen molar-refractivity contribution in [3.05, 3.63) is 17.8 Å². The Balaban J connectivity index is 1.71. The zero-order chi connectivity index (χ0) is 14.1. The van der Waals surface area contributed by atoms with E-state index in [1.54, 1.807) is 6.07 Å². The molecule has 4 N–H and O–H groups in total. The van der Waals surface area contributed by atoms with E-state index >= 15 is 0 Å². The van der Waals surface area contributed by atoms with Crippen LogP contribution in [0.1, 0.15) is 36.2 Å². The predicted octanol–water partition coefficient (Wildman–Crippen LogP) is 1.40. The van der Waals surface area contributed by atoms with Gasteiger partial charge in [0.2, 0.25) is 0 Å². The van der Waals surface area contributed by atoms with Gasteiger partial charge < -0.3 is 21.1 Å². The minimum Gasteiger partial charge on any atom is -0.477 e. The Morgan fingerprint density at radius 2 is 2.25 bits per heavy atom. The maximum atomic E-state index is 11.0. The molecule has 1 aromatic rings. The van der Waals surface area contributed by atoms with Gasteiger partial charge in [0.15, 0.2) is 5.69 Å². The summed E-state index contributed by atoms with van der Waals surface area (Å²) >= 11 is 0. The Kier molecular flexibility index (Phi) is 3.48. The van der Waals surface area contributed by atoms with Crippen molar-refractivity contribution in [1.29, 1.82) is 0 Å². The number of hydrogen-bond donors (Lipinski definition) is 3. The number of nitrogens with zero attached hydrogens (tertiary/aromatic N) is 2. The number of carboxylic acid groups (broad SMARTS) is 1. The fourth-order valence-corrected chi connectivity index (χ4v) is 3.25. The molecule has 0 aromatic carbocycles. The van der Waals surface area contributed by atoms with Crippen LogP contribution >= 0.6 is 0 Å². The SMILES string of the molecule is Nc1ccc(C(=O)O)nc1NC1CCN2CCCC2C1. The van der Waals surface area contributed by atoms with Gasteiger partial charge in [-0.1, -0.05) is 0 Å². The average molecular weight is 276 g/mol. The van der Waals surface area contributed by atoms with Crippen LogP contribution in [0, 0.1) is 0 Å². The Hall–Kier alpha value is -1.82. The summed E-state index contributed by atoms with van der Waals surface area (Å²) in [5, 5.41) is 12.3. The molecule has 0 spiro atoms. The molecule has 2 fully saturated rings. The molecule has 2 unspecified atom stereocenters. The molecule has 108 valence electrons. The van der Waals surface area contributed by atoms with E-state index in [2.05, 4.69) is 15.2 Å². The highest BCUT2D eigenvalue weighted by Crippen LogP contribution is 2.29. The molecule has 6 heteroatoms. The number of fused-ring (bicyclic) bond motifs is 1. The number of aromatic nitrogens is 1. The number of carboxylic acids is 1. The third-order valence-electron chi connectivity index (χ3n) is 4.31. The summed E-state index contributed by atoms with van der Waals surface area (Å²) in [4.78, 5) is 17.6. The van der Waals surface area contributed by atoms with Crippen LogP contribution in [0.4, 0.5) is 11.5 Å². The van der Waals surface area contributed by atoms with Crippen LogP contribution in [0.15, 0.2) is 12.1 Å². The molecular formula is C14H20N4O2. The Morgan fingerprint density at radius 3 is 3.05 bits per heavy atom. The second-order valence-corrected chi connectivity index (χ2v) is 5.64. The van der Waals surface area contributed by atoms with Gasteiger partial charge >= 0.3 is 5.97 Å².